The molecule has 2 aromatic carbocycles. The minimum absolute atomic E-state index is 0.456. The van der Waals surface area contributed by atoms with E-state index in [0.717, 1.165) is 26.7 Å². The fraction of sp³-hybridized carbons (Fsp3) is 0.0625. The monoisotopic (exact) mass is 328 g/mol. The lowest BCUT2D eigenvalue weighted by Gasteiger charge is -2.09. The van der Waals surface area contributed by atoms with E-state index in [4.69, 9.17) is 10.5 Å². The molecule has 0 aliphatic rings. The molecule has 0 aliphatic heterocycles. The second-order valence-corrected chi connectivity index (χ2v) is 5.32. The van der Waals surface area contributed by atoms with Crippen molar-refractivity contribution in [2.24, 2.45) is 5.73 Å². The van der Waals surface area contributed by atoms with Gasteiger partial charge in [-0.2, -0.15) is 0 Å². The summed E-state index contributed by atoms with van der Waals surface area (Å²) < 4.78 is 6.78. The fourth-order valence-corrected chi connectivity index (χ4v) is 2.47. The van der Waals surface area contributed by atoms with Crippen LogP contribution in [-0.2, 0) is 6.54 Å². The number of para-hydroxylation sites is 1. The topological polar surface area (TPSA) is 48.1 Å². The Morgan fingerprint density at radius 2 is 1.90 bits per heavy atom. The van der Waals surface area contributed by atoms with Gasteiger partial charge in [-0.3, -0.25) is 0 Å². The number of halogens is 1. The molecule has 3 nitrogen and oxygen atoms in total. The lowest BCUT2D eigenvalue weighted by molar-refractivity contribution is 0.464. The number of rotatable bonds is 3. The van der Waals surface area contributed by atoms with Crippen LogP contribution in [0.2, 0.25) is 0 Å². The molecule has 0 aliphatic carbocycles. The van der Waals surface area contributed by atoms with Gasteiger partial charge in [-0.25, -0.2) is 4.98 Å². The van der Waals surface area contributed by atoms with Crippen LogP contribution >= 0.6 is 15.9 Å². The molecule has 1 aromatic heterocycles. The zero-order valence-corrected chi connectivity index (χ0v) is 12.3. The highest BCUT2D eigenvalue weighted by Gasteiger charge is 2.06. The van der Waals surface area contributed by atoms with Crippen LogP contribution in [0.4, 0.5) is 0 Å². The molecule has 0 amide bonds. The van der Waals surface area contributed by atoms with Crippen molar-refractivity contribution in [3.8, 4) is 11.6 Å². The number of hydrogen-bond donors (Lipinski definition) is 1. The second kappa shape index (κ2) is 5.61. The first-order valence-corrected chi connectivity index (χ1v) is 7.08. The quantitative estimate of drug-likeness (QED) is 0.781. The molecule has 0 saturated carbocycles. The minimum atomic E-state index is 0.456. The number of ether oxygens (including phenoxy) is 1. The smallest absolute Gasteiger partial charge is 0.220 e. The first-order valence-electron chi connectivity index (χ1n) is 6.28. The highest BCUT2D eigenvalue weighted by atomic mass is 79.9. The molecule has 2 N–H and O–H groups in total. The summed E-state index contributed by atoms with van der Waals surface area (Å²) in [4.78, 5) is 4.52. The first kappa shape index (κ1) is 13.1. The van der Waals surface area contributed by atoms with Crippen LogP contribution in [-0.4, -0.2) is 4.98 Å². The van der Waals surface area contributed by atoms with Crippen molar-refractivity contribution in [3.05, 3.63) is 64.6 Å². The van der Waals surface area contributed by atoms with Crippen LogP contribution in [0, 0.1) is 0 Å². The number of hydrogen-bond acceptors (Lipinski definition) is 3. The maximum absolute atomic E-state index is 5.81. The predicted molar refractivity (Wildman–Crippen MR) is 83.9 cm³/mol. The normalized spacial score (nSPS) is 10.7. The molecule has 0 saturated heterocycles. The van der Waals surface area contributed by atoms with Crippen LogP contribution in [0.15, 0.2) is 59.1 Å². The van der Waals surface area contributed by atoms with Crippen molar-refractivity contribution >= 4 is 26.8 Å². The Balaban J connectivity index is 2.03. The summed E-state index contributed by atoms with van der Waals surface area (Å²) in [5, 5.41) is 1.07. The van der Waals surface area contributed by atoms with Crippen LogP contribution in [0.25, 0.3) is 10.9 Å². The van der Waals surface area contributed by atoms with Crippen LogP contribution in [0.3, 0.4) is 0 Å². The largest absolute Gasteiger partial charge is 0.439 e. The molecule has 3 aromatic rings. The van der Waals surface area contributed by atoms with Gasteiger partial charge < -0.3 is 10.5 Å². The average molecular weight is 329 g/mol. The lowest BCUT2D eigenvalue weighted by atomic mass is 10.1. The Labute approximate surface area is 125 Å². The fourth-order valence-electron chi connectivity index (χ4n) is 2.09. The molecule has 1 heterocycles. The van der Waals surface area contributed by atoms with Crippen molar-refractivity contribution in [1.82, 2.24) is 4.98 Å². The van der Waals surface area contributed by atoms with Gasteiger partial charge in [0.25, 0.3) is 0 Å². The number of aromatic nitrogens is 1. The molecule has 100 valence electrons. The minimum Gasteiger partial charge on any atom is -0.439 e. The van der Waals surface area contributed by atoms with E-state index >= 15 is 0 Å². The maximum atomic E-state index is 5.81. The van der Waals surface area contributed by atoms with Crippen molar-refractivity contribution < 1.29 is 4.74 Å². The summed E-state index contributed by atoms with van der Waals surface area (Å²) in [7, 11) is 0. The van der Waals surface area contributed by atoms with Crippen LogP contribution in [0.1, 0.15) is 5.56 Å². The number of nitrogens with two attached hydrogens (primary N) is 1. The summed E-state index contributed by atoms with van der Waals surface area (Å²) in [6.07, 6.45) is 0. The van der Waals surface area contributed by atoms with E-state index < -0.39 is 0 Å². The molecule has 0 fully saturated rings. The van der Waals surface area contributed by atoms with E-state index in [1.165, 1.54) is 0 Å². The molecule has 0 radical (unpaired) electrons. The summed E-state index contributed by atoms with van der Waals surface area (Å²) in [5.74, 6) is 1.30. The Kier molecular flexibility index (Phi) is 3.67. The molecule has 0 spiro atoms. The van der Waals surface area contributed by atoms with Crippen molar-refractivity contribution in [2.75, 3.05) is 0 Å². The summed E-state index contributed by atoms with van der Waals surface area (Å²) in [6.45, 7) is 0.456. The van der Waals surface area contributed by atoms with Gasteiger partial charge in [-0.15, -0.1) is 0 Å². The molecular formula is C16H13BrN2O. The lowest BCUT2D eigenvalue weighted by Crippen LogP contribution is -1.99. The summed E-state index contributed by atoms with van der Waals surface area (Å²) in [5.41, 5.74) is 7.73. The predicted octanol–water partition coefficient (Wildman–Crippen LogP) is 4.25. The second-order valence-electron chi connectivity index (χ2n) is 4.40. The number of fused-ring (bicyclic) bond motifs is 1. The Hall–Kier alpha value is -1.91. The molecule has 4 heteroatoms. The average Bonchev–Trinajstić information content (AvgIpc) is 2.46. The van der Waals surface area contributed by atoms with E-state index in [0.29, 0.717) is 12.4 Å². The highest BCUT2D eigenvalue weighted by Crippen LogP contribution is 2.27. The zero-order valence-electron chi connectivity index (χ0n) is 10.7. The van der Waals surface area contributed by atoms with Crippen molar-refractivity contribution in [2.45, 2.75) is 6.54 Å². The third-order valence-corrected chi connectivity index (χ3v) is 3.51. The van der Waals surface area contributed by atoms with Gasteiger partial charge in [0, 0.05) is 22.5 Å². The van der Waals surface area contributed by atoms with Gasteiger partial charge in [0.05, 0.1) is 5.52 Å². The molecular weight excluding hydrogens is 316 g/mol. The Bertz CT molecular complexity index is 758. The molecule has 0 atom stereocenters. The van der Waals surface area contributed by atoms with Gasteiger partial charge in [0.15, 0.2) is 0 Å². The standard InChI is InChI=1S/C16H13BrN2O/c17-12-4-3-5-13(9-12)20-16-8-11(10-18)14-6-1-2-7-15(14)19-16/h1-9H,10,18H2. The molecule has 0 unspecified atom stereocenters. The Morgan fingerprint density at radius 1 is 1.05 bits per heavy atom. The van der Waals surface area contributed by atoms with Crippen LogP contribution < -0.4 is 10.5 Å². The Morgan fingerprint density at radius 3 is 2.70 bits per heavy atom. The summed E-state index contributed by atoms with van der Waals surface area (Å²) in [6, 6.07) is 17.5. The van der Waals surface area contributed by atoms with E-state index in [-0.39, 0.29) is 0 Å². The molecule has 0 bridgehead atoms. The van der Waals surface area contributed by atoms with Gasteiger partial charge in [0.2, 0.25) is 5.88 Å². The van der Waals surface area contributed by atoms with Gasteiger partial charge in [0.1, 0.15) is 5.75 Å². The number of nitrogens with zero attached hydrogens (tertiary/aromatic N) is 1. The zero-order chi connectivity index (χ0) is 13.9. The van der Waals surface area contributed by atoms with E-state index in [1.807, 2.05) is 54.6 Å². The third kappa shape index (κ3) is 2.66. The molecule has 20 heavy (non-hydrogen) atoms. The van der Waals surface area contributed by atoms with Crippen molar-refractivity contribution in [3.63, 3.8) is 0 Å². The van der Waals surface area contributed by atoms with Crippen molar-refractivity contribution in [1.29, 1.82) is 0 Å². The SMILES string of the molecule is NCc1cc(Oc2cccc(Br)c2)nc2ccccc12. The third-order valence-electron chi connectivity index (χ3n) is 3.02. The van der Waals surface area contributed by atoms with E-state index in [9.17, 15) is 0 Å². The van der Waals surface area contributed by atoms with Crippen LogP contribution in [0.5, 0.6) is 11.6 Å². The van der Waals surface area contributed by atoms with E-state index in [2.05, 4.69) is 20.9 Å². The molecule has 3 rings (SSSR count). The maximum Gasteiger partial charge on any atom is 0.220 e. The van der Waals surface area contributed by atoms with Gasteiger partial charge in [-0.1, -0.05) is 40.2 Å². The summed E-state index contributed by atoms with van der Waals surface area (Å²) >= 11 is 3.42. The van der Waals surface area contributed by atoms with E-state index in [1.54, 1.807) is 0 Å². The number of pyridine rings is 1. The first-order chi connectivity index (χ1) is 9.76. The van der Waals surface area contributed by atoms with Gasteiger partial charge >= 0.3 is 0 Å². The highest BCUT2D eigenvalue weighted by molar-refractivity contribution is 9.10. The van der Waals surface area contributed by atoms with Gasteiger partial charge in [-0.05, 0) is 29.8 Å². The number of benzene rings is 2.